The standard InChI is InChI=1S/C18H35N3O3S/c1-15(2)12-21(17-7-11-25(23,24)14-17)18(22)13-20-9-5-16(6-10-20)4-8-19-3/h15-17,19H,4-14H2,1-3H3. The zero-order valence-electron chi connectivity index (χ0n) is 16.0. The minimum atomic E-state index is -2.97. The summed E-state index contributed by atoms with van der Waals surface area (Å²) in [7, 11) is -0.986. The molecule has 1 unspecified atom stereocenters. The number of carbonyl (C=O) groups excluding carboxylic acids is 1. The van der Waals surface area contributed by atoms with Crippen molar-refractivity contribution in [3.63, 3.8) is 0 Å². The first-order valence-corrected chi connectivity index (χ1v) is 11.5. The lowest BCUT2D eigenvalue weighted by Gasteiger charge is -2.35. The van der Waals surface area contributed by atoms with Crippen LogP contribution >= 0.6 is 0 Å². The van der Waals surface area contributed by atoms with Gasteiger partial charge in [0.1, 0.15) is 0 Å². The molecule has 1 amide bonds. The number of likely N-dealkylation sites (tertiary alicyclic amines) is 1. The molecule has 2 aliphatic rings. The van der Waals surface area contributed by atoms with E-state index in [9.17, 15) is 13.2 Å². The van der Waals surface area contributed by atoms with E-state index in [0.29, 0.717) is 25.4 Å². The van der Waals surface area contributed by atoms with Crippen LogP contribution in [0.1, 0.15) is 39.5 Å². The molecule has 1 atom stereocenters. The maximum atomic E-state index is 12.9. The van der Waals surface area contributed by atoms with E-state index in [1.807, 2.05) is 11.9 Å². The number of hydrogen-bond donors (Lipinski definition) is 1. The highest BCUT2D eigenvalue weighted by Gasteiger charge is 2.35. The summed E-state index contributed by atoms with van der Waals surface area (Å²) in [6.07, 6.45) is 4.10. The Morgan fingerprint density at radius 2 is 1.92 bits per heavy atom. The SMILES string of the molecule is CNCCC1CCN(CC(=O)N(CC(C)C)C2CCS(=O)(=O)C2)CC1. The summed E-state index contributed by atoms with van der Waals surface area (Å²) < 4.78 is 23.6. The lowest BCUT2D eigenvalue weighted by Crippen LogP contribution is -2.49. The molecule has 2 saturated heterocycles. The monoisotopic (exact) mass is 373 g/mol. The van der Waals surface area contributed by atoms with Crippen LogP contribution in [-0.2, 0) is 14.6 Å². The van der Waals surface area contributed by atoms with Crippen molar-refractivity contribution in [2.75, 3.05) is 51.3 Å². The molecule has 2 rings (SSSR count). The lowest BCUT2D eigenvalue weighted by atomic mass is 9.93. The summed E-state index contributed by atoms with van der Waals surface area (Å²) >= 11 is 0. The minimum absolute atomic E-state index is 0.101. The molecule has 0 aliphatic carbocycles. The number of carbonyl (C=O) groups is 1. The topological polar surface area (TPSA) is 69.7 Å². The van der Waals surface area contributed by atoms with E-state index in [0.717, 1.165) is 38.4 Å². The van der Waals surface area contributed by atoms with E-state index in [4.69, 9.17) is 0 Å². The van der Waals surface area contributed by atoms with E-state index in [1.165, 1.54) is 6.42 Å². The maximum absolute atomic E-state index is 12.9. The molecule has 1 N–H and O–H groups in total. The molecule has 2 aliphatic heterocycles. The van der Waals surface area contributed by atoms with Crippen molar-refractivity contribution < 1.29 is 13.2 Å². The van der Waals surface area contributed by atoms with Gasteiger partial charge in [0, 0.05) is 12.6 Å². The third-order valence-corrected chi connectivity index (χ3v) is 7.15. The molecule has 0 bridgehead atoms. The Morgan fingerprint density at radius 3 is 2.44 bits per heavy atom. The van der Waals surface area contributed by atoms with Gasteiger partial charge in [-0.25, -0.2) is 8.42 Å². The number of sulfone groups is 1. The quantitative estimate of drug-likeness (QED) is 0.687. The van der Waals surface area contributed by atoms with Gasteiger partial charge in [0.15, 0.2) is 9.84 Å². The Bertz CT molecular complexity index is 528. The number of nitrogens with one attached hydrogen (secondary N) is 1. The molecule has 0 aromatic carbocycles. The summed E-state index contributed by atoms with van der Waals surface area (Å²) in [5.74, 6) is 1.56. The maximum Gasteiger partial charge on any atom is 0.237 e. The van der Waals surface area contributed by atoms with Gasteiger partial charge in [0.25, 0.3) is 0 Å². The number of nitrogens with zero attached hydrogens (tertiary/aromatic N) is 2. The smallest absolute Gasteiger partial charge is 0.237 e. The molecule has 0 saturated carbocycles. The fraction of sp³-hybridized carbons (Fsp3) is 0.944. The summed E-state index contributed by atoms with van der Waals surface area (Å²) in [5.41, 5.74) is 0. The van der Waals surface area contributed by atoms with E-state index in [-0.39, 0.29) is 23.5 Å². The fourth-order valence-electron chi connectivity index (χ4n) is 3.93. The molecule has 25 heavy (non-hydrogen) atoms. The van der Waals surface area contributed by atoms with Gasteiger partial charge in [-0.1, -0.05) is 13.8 Å². The van der Waals surface area contributed by atoms with E-state index < -0.39 is 9.84 Å². The van der Waals surface area contributed by atoms with E-state index in [2.05, 4.69) is 24.1 Å². The van der Waals surface area contributed by atoms with Gasteiger partial charge >= 0.3 is 0 Å². The molecule has 2 heterocycles. The Labute approximate surface area is 153 Å². The molecule has 0 spiro atoms. The van der Waals surface area contributed by atoms with Crippen LogP contribution in [-0.4, -0.2) is 81.4 Å². The summed E-state index contributed by atoms with van der Waals surface area (Å²) in [6, 6.07) is -0.131. The van der Waals surface area contributed by atoms with Crippen LogP contribution in [0.3, 0.4) is 0 Å². The first-order chi connectivity index (χ1) is 11.8. The number of piperidine rings is 1. The second-order valence-corrected chi connectivity index (χ2v) is 10.3. The third kappa shape index (κ3) is 6.53. The largest absolute Gasteiger partial charge is 0.337 e. The normalized spacial score (nSPS) is 24.7. The highest BCUT2D eigenvalue weighted by molar-refractivity contribution is 7.91. The molecule has 0 aromatic heterocycles. The highest BCUT2D eigenvalue weighted by Crippen LogP contribution is 2.22. The van der Waals surface area contributed by atoms with Crippen LogP contribution in [0, 0.1) is 11.8 Å². The Balaban J connectivity index is 1.87. The predicted octanol–water partition coefficient (Wildman–Crippen LogP) is 0.980. The van der Waals surface area contributed by atoms with E-state index in [1.54, 1.807) is 0 Å². The van der Waals surface area contributed by atoms with Gasteiger partial charge in [-0.2, -0.15) is 0 Å². The van der Waals surface area contributed by atoms with Crippen LogP contribution in [0.25, 0.3) is 0 Å². The average molecular weight is 374 g/mol. The van der Waals surface area contributed by atoms with Crippen molar-refractivity contribution in [2.24, 2.45) is 11.8 Å². The van der Waals surface area contributed by atoms with Gasteiger partial charge in [-0.15, -0.1) is 0 Å². The molecule has 7 heteroatoms. The Morgan fingerprint density at radius 1 is 1.24 bits per heavy atom. The fourth-order valence-corrected chi connectivity index (χ4v) is 5.66. The number of hydrogen-bond acceptors (Lipinski definition) is 5. The lowest BCUT2D eigenvalue weighted by molar-refractivity contribution is -0.135. The van der Waals surface area contributed by atoms with Crippen molar-refractivity contribution in [1.82, 2.24) is 15.1 Å². The second-order valence-electron chi connectivity index (χ2n) is 8.11. The second kappa shape index (κ2) is 9.33. The van der Waals surface area contributed by atoms with Crippen LogP contribution in [0.15, 0.2) is 0 Å². The zero-order chi connectivity index (χ0) is 18.4. The molecule has 146 valence electrons. The molecule has 0 radical (unpaired) electrons. The average Bonchev–Trinajstić information content (AvgIpc) is 2.91. The van der Waals surface area contributed by atoms with Crippen molar-refractivity contribution in [3.8, 4) is 0 Å². The van der Waals surface area contributed by atoms with Crippen molar-refractivity contribution in [1.29, 1.82) is 0 Å². The molecule has 2 fully saturated rings. The molecule has 0 aromatic rings. The molecule has 6 nitrogen and oxygen atoms in total. The van der Waals surface area contributed by atoms with Gasteiger partial charge in [0.05, 0.1) is 18.1 Å². The van der Waals surface area contributed by atoms with Crippen molar-refractivity contribution in [2.45, 2.75) is 45.6 Å². The predicted molar refractivity (Wildman–Crippen MR) is 101 cm³/mol. The van der Waals surface area contributed by atoms with Gasteiger partial charge < -0.3 is 10.2 Å². The van der Waals surface area contributed by atoms with Crippen LogP contribution in [0.5, 0.6) is 0 Å². The van der Waals surface area contributed by atoms with E-state index >= 15 is 0 Å². The van der Waals surface area contributed by atoms with Crippen LogP contribution < -0.4 is 5.32 Å². The van der Waals surface area contributed by atoms with Crippen LogP contribution in [0.4, 0.5) is 0 Å². The Hall–Kier alpha value is -0.660. The van der Waals surface area contributed by atoms with Crippen molar-refractivity contribution >= 4 is 15.7 Å². The van der Waals surface area contributed by atoms with Gasteiger partial charge in [0.2, 0.25) is 5.91 Å². The minimum Gasteiger partial charge on any atom is -0.337 e. The first kappa shape index (κ1) is 20.6. The summed E-state index contributed by atoms with van der Waals surface area (Å²) in [5, 5.41) is 3.21. The molecular formula is C18H35N3O3S. The number of amides is 1. The summed E-state index contributed by atoms with van der Waals surface area (Å²) in [6.45, 7) is 8.24. The first-order valence-electron chi connectivity index (χ1n) is 9.67. The van der Waals surface area contributed by atoms with Gasteiger partial charge in [-0.3, -0.25) is 9.69 Å². The van der Waals surface area contributed by atoms with Crippen LogP contribution in [0.2, 0.25) is 0 Å². The Kier molecular flexibility index (Phi) is 7.70. The third-order valence-electron chi connectivity index (χ3n) is 5.40. The molecular weight excluding hydrogens is 338 g/mol. The zero-order valence-corrected chi connectivity index (χ0v) is 16.9. The number of rotatable bonds is 8. The van der Waals surface area contributed by atoms with Gasteiger partial charge in [-0.05, 0) is 64.2 Å². The highest BCUT2D eigenvalue weighted by atomic mass is 32.2. The van der Waals surface area contributed by atoms with Crippen molar-refractivity contribution in [3.05, 3.63) is 0 Å². The summed E-state index contributed by atoms with van der Waals surface area (Å²) in [4.78, 5) is 17.0.